The van der Waals surface area contributed by atoms with Crippen molar-refractivity contribution in [1.29, 1.82) is 0 Å². The van der Waals surface area contributed by atoms with E-state index in [0.717, 1.165) is 12.2 Å². The third kappa shape index (κ3) is 6.36. The summed E-state index contributed by atoms with van der Waals surface area (Å²) in [7, 11) is 1.64. The minimum atomic E-state index is -0.727. The van der Waals surface area contributed by atoms with E-state index in [1.54, 1.807) is 25.3 Å². The van der Waals surface area contributed by atoms with Crippen LogP contribution in [0.3, 0.4) is 0 Å². The summed E-state index contributed by atoms with van der Waals surface area (Å²) in [6, 6.07) is 14.1. The molecule has 136 valence electrons. The molecule has 0 spiro atoms. The lowest BCUT2D eigenvalue weighted by Gasteiger charge is -2.28. The number of rotatable bonds is 9. The van der Waals surface area contributed by atoms with Gasteiger partial charge in [-0.1, -0.05) is 24.3 Å². The van der Waals surface area contributed by atoms with Crippen LogP contribution in [0.4, 0.5) is 4.39 Å². The van der Waals surface area contributed by atoms with Gasteiger partial charge in [0.05, 0.1) is 7.11 Å². The largest absolute Gasteiger partial charge is 0.497 e. The zero-order valence-corrected chi connectivity index (χ0v) is 15.0. The van der Waals surface area contributed by atoms with Gasteiger partial charge in [-0.25, -0.2) is 4.39 Å². The molecular formula is C20H26FNO3. The highest BCUT2D eigenvalue weighted by Gasteiger charge is 2.19. The number of benzene rings is 2. The first kappa shape index (κ1) is 19.2. The van der Waals surface area contributed by atoms with Crippen LogP contribution in [0, 0.1) is 5.82 Å². The Morgan fingerprint density at radius 2 is 1.80 bits per heavy atom. The van der Waals surface area contributed by atoms with Crippen LogP contribution in [0.15, 0.2) is 48.5 Å². The van der Waals surface area contributed by atoms with E-state index in [0.29, 0.717) is 6.54 Å². The fraction of sp³-hybridized carbons (Fsp3) is 0.400. The van der Waals surface area contributed by atoms with Gasteiger partial charge in [0, 0.05) is 12.1 Å². The molecule has 0 aromatic heterocycles. The van der Waals surface area contributed by atoms with Crippen LogP contribution < -0.4 is 14.8 Å². The van der Waals surface area contributed by atoms with Crippen molar-refractivity contribution in [2.75, 3.05) is 20.3 Å². The van der Waals surface area contributed by atoms with E-state index in [1.165, 1.54) is 11.6 Å². The molecule has 4 nitrogen and oxygen atoms in total. The Hall–Kier alpha value is -2.11. The molecule has 0 saturated heterocycles. The van der Waals surface area contributed by atoms with Gasteiger partial charge in [0.25, 0.3) is 0 Å². The summed E-state index contributed by atoms with van der Waals surface area (Å²) in [5, 5.41) is 13.4. The maximum atomic E-state index is 13.5. The van der Waals surface area contributed by atoms with Gasteiger partial charge in [-0.2, -0.15) is 0 Å². The van der Waals surface area contributed by atoms with Gasteiger partial charge >= 0.3 is 0 Å². The first-order valence-electron chi connectivity index (χ1n) is 8.33. The number of nitrogens with one attached hydrogen (secondary N) is 1. The number of aliphatic hydroxyl groups excluding tert-OH is 1. The van der Waals surface area contributed by atoms with E-state index < -0.39 is 11.9 Å². The lowest BCUT2D eigenvalue weighted by molar-refractivity contribution is 0.0968. The number of aliphatic hydroxyl groups is 1. The molecule has 1 unspecified atom stereocenters. The standard InChI is InChI=1S/C20H26FNO3/c1-20(2,12-15-8-10-17(24-3)11-9-15)22-13-16(23)14-25-19-7-5-4-6-18(19)21/h4-11,16,22-23H,12-14H2,1-3H3. The SMILES string of the molecule is COc1ccc(CC(C)(C)NCC(O)COc2ccccc2F)cc1. The molecular weight excluding hydrogens is 321 g/mol. The Kier molecular flexibility index (Phi) is 6.79. The summed E-state index contributed by atoms with van der Waals surface area (Å²) >= 11 is 0. The highest BCUT2D eigenvalue weighted by atomic mass is 19.1. The number of methoxy groups -OCH3 is 1. The fourth-order valence-electron chi connectivity index (χ4n) is 2.52. The Bertz CT molecular complexity index is 658. The van der Waals surface area contributed by atoms with E-state index in [-0.39, 0.29) is 17.9 Å². The number of para-hydroxylation sites is 1. The molecule has 5 heteroatoms. The summed E-state index contributed by atoms with van der Waals surface area (Å²) < 4.78 is 24.0. The molecule has 0 saturated carbocycles. The third-order valence-corrected chi connectivity index (χ3v) is 3.89. The monoisotopic (exact) mass is 347 g/mol. The number of hydrogen-bond donors (Lipinski definition) is 2. The molecule has 0 fully saturated rings. The van der Waals surface area contributed by atoms with E-state index in [4.69, 9.17) is 9.47 Å². The zero-order chi connectivity index (χ0) is 18.3. The van der Waals surface area contributed by atoms with Crippen molar-refractivity contribution in [1.82, 2.24) is 5.32 Å². The highest BCUT2D eigenvalue weighted by Crippen LogP contribution is 2.17. The van der Waals surface area contributed by atoms with Gasteiger partial charge in [-0.05, 0) is 50.1 Å². The molecule has 0 heterocycles. The van der Waals surface area contributed by atoms with Crippen LogP contribution in [0.2, 0.25) is 0 Å². The minimum Gasteiger partial charge on any atom is -0.497 e. The summed E-state index contributed by atoms with van der Waals surface area (Å²) in [6.07, 6.45) is 0.0764. The van der Waals surface area contributed by atoms with Crippen LogP contribution in [0.25, 0.3) is 0 Å². The Labute approximate surface area is 148 Å². The molecule has 2 aromatic rings. The predicted octanol–water partition coefficient (Wildman–Crippen LogP) is 3.18. The Morgan fingerprint density at radius 3 is 2.44 bits per heavy atom. The van der Waals surface area contributed by atoms with Crippen LogP contribution in [-0.2, 0) is 6.42 Å². The maximum absolute atomic E-state index is 13.5. The first-order chi connectivity index (χ1) is 11.9. The van der Waals surface area contributed by atoms with Gasteiger partial charge in [-0.15, -0.1) is 0 Å². The molecule has 0 aliphatic rings. The zero-order valence-electron chi connectivity index (χ0n) is 15.0. The number of halogens is 1. The van der Waals surface area contributed by atoms with Crippen LogP contribution in [-0.4, -0.2) is 37.0 Å². The highest BCUT2D eigenvalue weighted by molar-refractivity contribution is 5.28. The molecule has 0 amide bonds. The summed E-state index contributed by atoms with van der Waals surface area (Å²) in [4.78, 5) is 0. The Balaban J connectivity index is 1.78. The molecule has 1 atom stereocenters. The molecule has 0 radical (unpaired) electrons. The minimum absolute atomic E-state index is 0.0343. The van der Waals surface area contributed by atoms with Crippen LogP contribution >= 0.6 is 0 Å². The van der Waals surface area contributed by atoms with E-state index in [9.17, 15) is 9.50 Å². The quantitative estimate of drug-likeness (QED) is 0.731. The number of β-amino-alcohol motifs (C(OH)–C–C–N with tert-alkyl or cyclic N) is 1. The molecule has 2 aromatic carbocycles. The van der Waals surface area contributed by atoms with Gasteiger partial charge < -0.3 is 19.9 Å². The van der Waals surface area contributed by atoms with Gasteiger partial charge in [0.1, 0.15) is 18.5 Å². The molecule has 0 aliphatic heterocycles. The summed E-state index contributed by atoms with van der Waals surface area (Å²) in [5.41, 5.74) is 0.975. The topological polar surface area (TPSA) is 50.7 Å². The Morgan fingerprint density at radius 1 is 1.12 bits per heavy atom. The van der Waals surface area contributed by atoms with Crippen molar-refractivity contribution in [2.45, 2.75) is 31.9 Å². The molecule has 2 N–H and O–H groups in total. The summed E-state index contributed by atoms with van der Waals surface area (Å²) in [5.74, 6) is 0.553. The lowest BCUT2D eigenvalue weighted by atomic mass is 9.94. The van der Waals surface area contributed by atoms with Crippen molar-refractivity contribution in [2.24, 2.45) is 0 Å². The van der Waals surface area contributed by atoms with Gasteiger partial charge in [0.15, 0.2) is 11.6 Å². The van der Waals surface area contributed by atoms with Crippen molar-refractivity contribution in [3.8, 4) is 11.5 Å². The molecule has 0 aliphatic carbocycles. The number of hydrogen-bond acceptors (Lipinski definition) is 4. The average Bonchev–Trinajstić information content (AvgIpc) is 2.60. The average molecular weight is 347 g/mol. The van der Waals surface area contributed by atoms with Crippen molar-refractivity contribution >= 4 is 0 Å². The lowest BCUT2D eigenvalue weighted by Crippen LogP contribution is -2.46. The molecule has 0 bridgehead atoms. The second kappa shape index (κ2) is 8.83. The van der Waals surface area contributed by atoms with Gasteiger partial charge in [-0.3, -0.25) is 0 Å². The second-order valence-electron chi connectivity index (χ2n) is 6.68. The van der Waals surface area contributed by atoms with Crippen molar-refractivity contribution < 1.29 is 19.0 Å². The maximum Gasteiger partial charge on any atom is 0.165 e. The summed E-state index contributed by atoms with van der Waals surface area (Å²) in [6.45, 7) is 4.54. The second-order valence-corrected chi connectivity index (χ2v) is 6.68. The van der Waals surface area contributed by atoms with E-state index >= 15 is 0 Å². The van der Waals surface area contributed by atoms with Crippen LogP contribution in [0.1, 0.15) is 19.4 Å². The van der Waals surface area contributed by atoms with Crippen molar-refractivity contribution in [3.63, 3.8) is 0 Å². The molecule has 25 heavy (non-hydrogen) atoms. The molecule has 2 rings (SSSR count). The smallest absolute Gasteiger partial charge is 0.165 e. The predicted molar refractivity (Wildman–Crippen MR) is 96.7 cm³/mol. The van der Waals surface area contributed by atoms with E-state index in [2.05, 4.69) is 19.2 Å². The normalized spacial score (nSPS) is 12.7. The third-order valence-electron chi connectivity index (χ3n) is 3.89. The van der Waals surface area contributed by atoms with Gasteiger partial charge in [0.2, 0.25) is 0 Å². The number of ether oxygens (including phenoxy) is 2. The fourth-order valence-corrected chi connectivity index (χ4v) is 2.52. The van der Waals surface area contributed by atoms with E-state index in [1.807, 2.05) is 24.3 Å². The first-order valence-corrected chi connectivity index (χ1v) is 8.33. The van der Waals surface area contributed by atoms with Crippen molar-refractivity contribution in [3.05, 3.63) is 59.9 Å². The van der Waals surface area contributed by atoms with Crippen LogP contribution in [0.5, 0.6) is 11.5 Å².